The predicted molar refractivity (Wildman–Crippen MR) is 112 cm³/mol. The van der Waals surface area contributed by atoms with Crippen LogP contribution >= 0.6 is 11.3 Å². The largest absolute Gasteiger partial charge is 0.343 e. The van der Waals surface area contributed by atoms with Crippen LogP contribution in [0.1, 0.15) is 26.3 Å². The third kappa shape index (κ3) is 1.95. The zero-order valence-electron chi connectivity index (χ0n) is 15.1. The molecule has 0 unspecified atom stereocenters. The number of thiophene rings is 1. The summed E-state index contributed by atoms with van der Waals surface area (Å²) in [5.41, 5.74) is 4.24. The lowest BCUT2D eigenvalue weighted by atomic mass is 9.84. The summed E-state index contributed by atoms with van der Waals surface area (Å²) in [6, 6.07) is 20.1. The first-order valence-corrected chi connectivity index (χ1v) is 9.60. The molecule has 2 aromatic heterocycles. The van der Waals surface area contributed by atoms with Crippen molar-refractivity contribution < 1.29 is 0 Å². The summed E-state index contributed by atoms with van der Waals surface area (Å²) < 4.78 is 5.13. The maximum absolute atomic E-state index is 2.39. The Morgan fingerprint density at radius 1 is 0.760 bits per heavy atom. The average molecular weight is 343 g/mol. The van der Waals surface area contributed by atoms with Crippen molar-refractivity contribution in [1.82, 2.24) is 4.57 Å². The Labute approximate surface area is 151 Å². The van der Waals surface area contributed by atoms with Crippen molar-refractivity contribution in [3.63, 3.8) is 0 Å². The van der Waals surface area contributed by atoms with Gasteiger partial charge in [-0.25, -0.2) is 0 Å². The van der Waals surface area contributed by atoms with Crippen molar-refractivity contribution in [3.8, 4) is 0 Å². The van der Waals surface area contributed by atoms with Crippen LogP contribution in [0.2, 0.25) is 0 Å². The molecule has 0 aliphatic carbocycles. The lowest BCUT2D eigenvalue weighted by molar-refractivity contribution is 0.596. The molecule has 0 saturated carbocycles. The minimum atomic E-state index is 0.124. The summed E-state index contributed by atoms with van der Waals surface area (Å²) in [6.07, 6.45) is 0. The summed E-state index contributed by atoms with van der Waals surface area (Å²) in [6.45, 7) is 6.91. The van der Waals surface area contributed by atoms with Crippen LogP contribution < -0.4 is 0 Å². The third-order valence-electron chi connectivity index (χ3n) is 5.33. The second kappa shape index (κ2) is 4.86. The normalized spacial score (nSPS) is 12.8. The zero-order chi connectivity index (χ0) is 17.3. The number of benzene rings is 3. The highest BCUT2D eigenvalue weighted by molar-refractivity contribution is 7.26. The molecule has 124 valence electrons. The molecular formula is C23H21NS. The highest BCUT2D eigenvalue weighted by atomic mass is 32.1. The first-order chi connectivity index (χ1) is 12.0. The van der Waals surface area contributed by atoms with Crippen molar-refractivity contribution in [2.45, 2.75) is 26.2 Å². The van der Waals surface area contributed by atoms with E-state index in [0.717, 1.165) is 0 Å². The summed E-state index contributed by atoms with van der Waals surface area (Å²) in [5, 5.41) is 5.55. The number of hydrogen-bond acceptors (Lipinski definition) is 1. The van der Waals surface area contributed by atoms with Gasteiger partial charge in [-0.2, -0.15) is 0 Å². The van der Waals surface area contributed by atoms with E-state index in [1.807, 2.05) is 11.3 Å². The van der Waals surface area contributed by atoms with Crippen molar-refractivity contribution >= 4 is 53.3 Å². The number of aromatic nitrogens is 1. The fourth-order valence-electron chi connectivity index (χ4n) is 4.20. The Hall–Kier alpha value is -2.32. The Kier molecular flexibility index (Phi) is 2.91. The highest BCUT2D eigenvalue weighted by Gasteiger charge is 2.22. The lowest BCUT2D eigenvalue weighted by Crippen LogP contribution is -2.11. The van der Waals surface area contributed by atoms with Crippen LogP contribution in [0.3, 0.4) is 0 Å². The lowest BCUT2D eigenvalue weighted by Gasteiger charge is -2.20. The van der Waals surface area contributed by atoms with Gasteiger partial charge in [-0.15, -0.1) is 11.3 Å². The minimum Gasteiger partial charge on any atom is -0.343 e. The molecular weight excluding hydrogens is 322 g/mol. The van der Waals surface area contributed by atoms with E-state index in [4.69, 9.17) is 0 Å². The van der Waals surface area contributed by atoms with Gasteiger partial charge in [0.1, 0.15) is 0 Å². The molecule has 5 rings (SSSR count). The monoisotopic (exact) mass is 343 g/mol. The van der Waals surface area contributed by atoms with Crippen LogP contribution in [0.5, 0.6) is 0 Å². The van der Waals surface area contributed by atoms with Gasteiger partial charge in [0.15, 0.2) is 0 Å². The van der Waals surface area contributed by atoms with Crippen LogP contribution in [0.15, 0.2) is 54.6 Å². The fourth-order valence-corrected chi connectivity index (χ4v) is 5.31. The van der Waals surface area contributed by atoms with Gasteiger partial charge in [0, 0.05) is 43.5 Å². The van der Waals surface area contributed by atoms with E-state index < -0.39 is 0 Å². The zero-order valence-corrected chi connectivity index (χ0v) is 15.9. The first-order valence-electron chi connectivity index (χ1n) is 8.78. The van der Waals surface area contributed by atoms with E-state index >= 15 is 0 Å². The molecule has 3 aromatic carbocycles. The van der Waals surface area contributed by atoms with Gasteiger partial charge >= 0.3 is 0 Å². The number of aryl methyl sites for hydroxylation is 1. The van der Waals surface area contributed by atoms with Gasteiger partial charge in [0.05, 0.1) is 5.52 Å². The molecule has 25 heavy (non-hydrogen) atoms. The standard InChI is InChI=1S/C23H21NS/c1-23(2,3)16-9-7-10-17-20(16)15-12-13-19-21(22(15)24(17)4)14-8-5-6-11-18(14)25-19/h5-13H,1-4H3. The SMILES string of the molecule is Cn1c2cccc(C(C)(C)C)c2c2ccc3sc4ccccc4c3c21. The smallest absolute Gasteiger partial charge is 0.0583 e. The van der Waals surface area contributed by atoms with Crippen molar-refractivity contribution in [1.29, 1.82) is 0 Å². The number of rotatable bonds is 0. The molecule has 2 heteroatoms. The maximum atomic E-state index is 2.39. The predicted octanol–water partition coefficient (Wildman–Crippen LogP) is 7.00. The van der Waals surface area contributed by atoms with Crippen LogP contribution in [-0.2, 0) is 12.5 Å². The molecule has 0 amide bonds. The minimum absolute atomic E-state index is 0.124. The van der Waals surface area contributed by atoms with Crippen molar-refractivity contribution in [2.24, 2.45) is 7.05 Å². The van der Waals surface area contributed by atoms with Gasteiger partial charge in [0.2, 0.25) is 0 Å². The van der Waals surface area contributed by atoms with E-state index in [1.165, 1.54) is 47.5 Å². The maximum Gasteiger partial charge on any atom is 0.0583 e. The molecule has 0 fully saturated rings. The van der Waals surface area contributed by atoms with E-state index in [2.05, 4.69) is 87.0 Å². The van der Waals surface area contributed by atoms with Gasteiger partial charge in [-0.05, 0) is 29.2 Å². The molecule has 0 atom stereocenters. The molecule has 2 heterocycles. The summed E-state index contributed by atoms with van der Waals surface area (Å²) in [7, 11) is 2.21. The molecule has 0 radical (unpaired) electrons. The molecule has 0 aliphatic rings. The number of fused-ring (bicyclic) bond motifs is 7. The van der Waals surface area contributed by atoms with Crippen LogP contribution in [-0.4, -0.2) is 4.57 Å². The van der Waals surface area contributed by atoms with Crippen molar-refractivity contribution in [3.05, 3.63) is 60.2 Å². The molecule has 0 N–H and O–H groups in total. The van der Waals surface area contributed by atoms with Crippen molar-refractivity contribution in [2.75, 3.05) is 0 Å². The third-order valence-corrected chi connectivity index (χ3v) is 6.47. The average Bonchev–Trinajstić information content (AvgIpc) is 3.10. The Bertz CT molecular complexity index is 1280. The Morgan fingerprint density at radius 3 is 2.36 bits per heavy atom. The summed E-state index contributed by atoms with van der Waals surface area (Å²) >= 11 is 1.89. The Balaban J connectivity index is 2.10. The molecule has 5 aromatic rings. The van der Waals surface area contributed by atoms with E-state index in [1.54, 1.807) is 0 Å². The van der Waals surface area contributed by atoms with Crippen LogP contribution in [0, 0.1) is 0 Å². The number of nitrogens with zero attached hydrogens (tertiary/aromatic N) is 1. The van der Waals surface area contributed by atoms with E-state index in [-0.39, 0.29) is 5.41 Å². The highest BCUT2D eigenvalue weighted by Crippen LogP contribution is 2.43. The first kappa shape index (κ1) is 15.0. The second-order valence-corrected chi connectivity index (χ2v) is 9.03. The molecule has 0 saturated heterocycles. The summed E-state index contributed by atoms with van der Waals surface area (Å²) in [5.74, 6) is 0. The topological polar surface area (TPSA) is 4.93 Å². The van der Waals surface area contributed by atoms with E-state index in [9.17, 15) is 0 Å². The van der Waals surface area contributed by atoms with Gasteiger partial charge in [0.25, 0.3) is 0 Å². The van der Waals surface area contributed by atoms with Gasteiger partial charge < -0.3 is 4.57 Å². The van der Waals surface area contributed by atoms with E-state index in [0.29, 0.717) is 0 Å². The van der Waals surface area contributed by atoms with Crippen LogP contribution in [0.25, 0.3) is 42.0 Å². The number of hydrogen-bond donors (Lipinski definition) is 0. The molecule has 0 aliphatic heterocycles. The second-order valence-electron chi connectivity index (χ2n) is 7.94. The Morgan fingerprint density at radius 2 is 1.56 bits per heavy atom. The molecule has 0 spiro atoms. The van der Waals surface area contributed by atoms with Gasteiger partial charge in [-0.1, -0.05) is 57.2 Å². The van der Waals surface area contributed by atoms with Crippen LogP contribution in [0.4, 0.5) is 0 Å². The van der Waals surface area contributed by atoms with Gasteiger partial charge in [-0.3, -0.25) is 0 Å². The fraction of sp³-hybridized carbons (Fsp3) is 0.217. The quantitative estimate of drug-likeness (QED) is 0.285. The molecule has 0 bridgehead atoms. The molecule has 1 nitrogen and oxygen atoms in total. The summed E-state index contributed by atoms with van der Waals surface area (Å²) in [4.78, 5) is 0.